The maximum Gasteiger partial charge on any atom is 0.247 e. The van der Waals surface area contributed by atoms with Crippen molar-refractivity contribution in [2.24, 2.45) is 0 Å². The summed E-state index contributed by atoms with van der Waals surface area (Å²) in [6.45, 7) is 3.36. The number of nitrogens with one attached hydrogen (secondary N) is 2. The SMILES string of the molecule is N#Cc1cc(Nc2nc(NC3CC3)c3nccn3n2)c(Cl)c(N2CCOC(CN3CC(F)C3)C2)c1. The Bertz CT molecular complexity index is 1280. The lowest BCUT2D eigenvalue weighted by atomic mass is 10.1. The number of nitriles is 1. The Kier molecular flexibility index (Phi) is 5.80. The highest BCUT2D eigenvalue weighted by Crippen LogP contribution is 2.37. The molecule has 4 heterocycles. The highest BCUT2D eigenvalue weighted by atomic mass is 35.5. The molecule has 1 unspecified atom stereocenters. The Labute approximate surface area is 206 Å². The van der Waals surface area contributed by atoms with E-state index in [1.165, 1.54) is 0 Å². The van der Waals surface area contributed by atoms with Gasteiger partial charge in [-0.1, -0.05) is 11.6 Å². The van der Waals surface area contributed by atoms with E-state index >= 15 is 0 Å². The highest BCUT2D eigenvalue weighted by molar-refractivity contribution is 6.36. The van der Waals surface area contributed by atoms with E-state index in [1.54, 1.807) is 29.0 Å². The van der Waals surface area contributed by atoms with Gasteiger partial charge in [-0.15, -0.1) is 5.10 Å². The van der Waals surface area contributed by atoms with Gasteiger partial charge in [0.15, 0.2) is 11.5 Å². The van der Waals surface area contributed by atoms with Gasteiger partial charge in [0.2, 0.25) is 5.95 Å². The van der Waals surface area contributed by atoms with Gasteiger partial charge in [0.05, 0.1) is 40.7 Å². The van der Waals surface area contributed by atoms with Crippen LogP contribution in [-0.2, 0) is 4.74 Å². The molecule has 3 fully saturated rings. The summed E-state index contributed by atoms with van der Waals surface area (Å²) >= 11 is 6.86. The second-order valence-electron chi connectivity index (χ2n) is 9.25. The molecule has 1 aromatic carbocycles. The average molecular weight is 498 g/mol. The Morgan fingerprint density at radius 3 is 2.89 bits per heavy atom. The number of likely N-dealkylation sites (tertiary alicyclic amines) is 1. The normalized spacial score (nSPS) is 21.1. The van der Waals surface area contributed by atoms with Gasteiger partial charge in [0.25, 0.3) is 0 Å². The molecule has 3 aromatic rings. The van der Waals surface area contributed by atoms with Gasteiger partial charge >= 0.3 is 0 Å². The summed E-state index contributed by atoms with van der Waals surface area (Å²) in [6, 6.07) is 6.11. The zero-order valence-corrected chi connectivity index (χ0v) is 19.7. The van der Waals surface area contributed by atoms with Crippen LogP contribution in [0.15, 0.2) is 24.5 Å². The molecule has 0 bridgehead atoms. The largest absolute Gasteiger partial charge is 0.373 e. The first kappa shape index (κ1) is 22.3. The number of aromatic nitrogens is 4. The van der Waals surface area contributed by atoms with Crippen molar-refractivity contribution < 1.29 is 9.13 Å². The van der Waals surface area contributed by atoms with Gasteiger partial charge in [-0.05, 0) is 25.0 Å². The summed E-state index contributed by atoms with van der Waals surface area (Å²) in [5.41, 5.74) is 2.41. The number of ether oxygens (including phenoxy) is 1. The van der Waals surface area contributed by atoms with Crippen LogP contribution in [0.25, 0.3) is 5.65 Å². The molecular formula is C23H25ClFN9O. The van der Waals surface area contributed by atoms with Gasteiger partial charge < -0.3 is 20.3 Å². The number of alkyl halides is 1. The Balaban J connectivity index is 1.26. The van der Waals surface area contributed by atoms with Crippen molar-refractivity contribution in [2.45, 2.75) is 31.2 Å². The van der Waals surface area contributed by atoms with Crippen molar-refractivity contribution in [2.75, 3.05) is 54.9 Å². The first-order valence-electron chi connectivity index (χ1n) is 11.8. The van der Waals surface area contributed by atoms with E-state index in [2.05, 4.69) is 41.6 Å². The number of benzene rings is 1. The summed E-state index contributed by atoms with van der Waals surface area (Å²) in [7, 11) is 0. The van der Waals surface area contributed by atoms with Crippen LogP contribution in [0.1, 0.15) is 18.4 Å². The van der Waals surface area contributed by atoms with Crippen LogP contribution in [0.5, 0.6) is 0 Å². The molecule has 0 amide bonds. The topological polar surface area (TPSA) is 107 Å². The summed E-state index contributed by atoms with van der Waals surface area (Å²) in [5.74, 6) is 1.00. The number of hydrogen-bond acceptors (Lipinski definition) is 9. The van der Waals surface area contributed by atoms with Crippen LogP contribution in [-0.4, -0.2) is 82.1 Å². The minimum absolute atomic E-state index is 0.0579. The molecule has 2 saturated heterocycles. The third kappa shape index (κ3) is 4.69. The van der Waals surface area contributed by atoms with Crippen LogP contribution in [0, 0.1) is 11.3 Å². The molecule has 6 rings (SSSR count). The molecule has 3 aliphatic rings. The molecule has 35 heavy (non-hydrogen) atoms. The highest BCUT2D eigenvalue weighted by Gasteiger charge is 2.31. The molecule has 0 radical (unpaired) electrons. The first-order chi connectivity index (χ1) is 17.1. The quantitative estimate of drug-likeness (QED) is 0.509. The molecule has 182 valence electrons. The van der Waals surface area contributed by atoms with E-state index in [1.807, 2.05) is 0 Å². The lowest BCUT2D eigenvalue weighted by molar-refractivity contribution is -0.0202. The fourth-order valence-electron chi connectivity index (χ4n) is 4.51. The zero-order valence-electron chi connectivity index (χ0n) is 19.0. The average Bonchev–Trinajstić information content (AvgIpc) is 3.52. The van der Waals surface area contributed by atoms with E-state index in [9.17, 15) is 9.65 Å². The molecule has 1 atom stereocenters. The maximum atomic E-state index is 13.2. The third-order valence-corrected chi connectivity index (χ3v) is 6.85. The number of hydrogen-bond donors (Lipinski definition) is 2. The molecular weight excluding hydrogens is 473 g/mol. The standard InChI is InChI=1S/C23H25ClFN9O/c24-20-18(29-23-30-21(28-16-1-2-16)22-27-3-4-34(22)31-23)7-14(9-26)8-19(20)33-5-6-35-17(13-33)12-32-10-15(25)11-32/h3-4,7-8,15-17H,1-2,5-6,10-13H2,(H2,28,29,30,31). The second kappa shape index (κ2) is 9.11. The molecule has 2 N–H and O–H groups in total. The van der Waals surface area contributed by atoms with Crippen LogP contribution in [0.3, 0.4) is 0 Å². The van der Waals surface area contributed by atoms with Crippen molar-refractivity contribution in [3.8, 4) is 6.07 Å². The van der Waals surface area contributed by atoms with Crippen LogP contribution >= 0.6 is 11.6 Å². The maximum absolute atomic E-state index is 13.2. The Morgan fingerprint density at radius 1 is 1.26 bits per heavy atom. The van der Waals surface area contributed by atoms with Gasteiger partial charge in [-0.2, -0.15) is 10.2 Å². The van der Waals surface area contributed by atoms with Crippen molar-refractivity contribution in [1.82, 2.24) is 24.5 Å². The van der Waals surface area contributed by atoms with Crippen LogP contribution < -0.4 is 15.5 Å². The van der Waals surface area contributed by atoms with E-state index < -0.39 is 6.17 Å². The monoisotopic (exact) mass is 497 g/mol. The van der Waals surface area contributed by atoms with Gasteiger partial charge in [0.1, 0.15) is 6.17 Å². The lowest BCUT2D eigenvalue weighted by Gasteiger charge is -2.41. The van der Waals surface area contributed by atoms with Crippen LogP contribution in [0.2, 0.25) is 5.02 Å². The molecule has 1 aliphatic carbocycles. The minimum Gasteiger partial charge on any atom is -0.373 e. The number of morpholine rings is 1. The number of halogens is 2. The third-order valence-electron chi connectivity index (χ3n) is 6.45. The fraction of sp³-hybridized carbons (Fsp3) is 0.478. The lowest BCUT2D eigenvalue weighted by Crippen LogP contribution is -2.55. The zero-order chi connectivity index (χ0) is 23.9. The number of nitrogens with zero attached hydrogens (tertiary/aromatic N) is 7. The predicted octanol–water partition coefficient (Wildman–Crippen LogP) is 2.83. The fourth-order valence-corrected chi connectivity index (χ4v) is 4.78. The van der Waals surface area contributed by atoms with Crippen molar-refractivity contribution in [1.29, 1.82) is 5.26 Å². The molecule has 0 spiro atoms. The van der Waals surface area contributed by atoms with Crippen LogP contribution in [0.4, 0.5) is 27.5 Å². The molecule has 12 heteroatoms. The number of imidazole rings is 1. The van der Waals surface area contributed by atoms with Crippen molar-refractivity contribution in [3.05, 3.63) is 35.1 Å². The van der Waals surface area contributed by atoms with Crippen molar-refractivity contribution >= 4 is 40.4 Å². The second-order valence-corrected chi connectivity index (χ2v) is 9.62. The number of anilines is 4. The van der Waals surface area contributed by atoms with Crippen molar-refractivity contribution in [3.63, 3.8) is 0 Å². The van der Waals surface area contributed by atoms with E-state index in [0.717, 1.165) is 18.5 Å². The van der Waals surface area contributed by atoms with E-state index in [-0.39, 0.29) is 6.10 Å². The van der Waals surface area contributed by atoms with E-state index in [0.29, 0.717) is 79.1 Å². The predicted molar refractivity (Wildman–Crippen MR) is 130 cm³/mol. The number of fused-ring (bicyclic) bond motifs is 1. The molecule has 10 nitrogen and oxygen atoms in total. The molecule has 1 saturated carbocycles. The summed E-state index contributed by atoms with van der Waals surface area (Å²) < 4.78 is 20.8. The molecule has 2 aliphatic heterocycles. The van der Waals surface area contributed by atoms with E-state index in [4.69, 9.17) is 16.3 Å². The smallest absolute Gasteiger partial charge is 0.247 e. The minimum atomic E-state index is -0.742. The van der Waals surface area contributed by atoms with Gasteiger partial charge in [-0.25, -0.2) is 13.9 Å². The summed E-state index contributed by atoms with van der Waals surface area (Å²) in [6.07, 6.45) is 4.84. The van der Waals surface area contributed by atoms with Gasteiger partial charge in [-0.3, -0.25) is 4.90 Å². The Morgan fingerprint density at radius 2 is 2.11 bits per heavy atom. The van der Waals surface area contributed by atoms with Gasteiger partial charge in [0, 0.05) is 51.2 Å². The summed E-state index contributed by atoms with van der Waals surface area (Å²) in [5, 5.41) is 21.3. The first-order valence-corrected chi connectivity index (χ1v) is 12.1. The summed E-state index contributed by atoms with van der Waals surface area (Å²) in [4.78, 5) is 13.1. The Hall–Kier alpha value is -3.20. The number of rotatable bonds is 7. The molecule has 2 aromatic heterocycles.